The highest BCUT2D eigenvalue weighted by molar-refractivity contribution is 6.46. The minimum atomic E-state index is -0.803. The molecular formula is C28H35N2O7+. The fourth-order valence-electron chi connectivity index (χ4n) is 5.07. The van der Waals surface area contributed by atoms with E-state index in [0.717, 1.165) is 38.4 Å². The zero-order valence-corrected chi connectivity index (χ0v) is 21.8. The number of Topliss-reactive ketones (excluding diaryl/α,β-unsaturated/α-hetero) is 1. The molecule has 0 aromatic heterocycles. The fourth-order valence-corrected chi connectivity index (χ4v) is 5.07. The Hall–Kier alpha value is -3.56. The molecular weight excluding hydrogens is 476 g/mol. The smallest absolute Gasteiger partial charge is 0.295 e. The van der Waals surface area contributed by atoms with Gasteiger partial charge < -0.3 is 33.9 Å². The Kier molecular flexibility index (Phi) is 8.35. The number of benzene rings is 2. The van der Waals surface area contributed by atoms with Crippen LogP contribution in [-0.2, 0) is 14.3 Å². The molecule has 2 fully saturated rings. The van der Waals surface area contributed by atoms with Gasteiger partial charge in [-0.15, -0.1) is 0 Å². The van der Waals surface area contributed by atoms with Crippen LogP contribution in [0.4, 0.5) is 0 Å². The molecule has 0 bridgehead atoms. The number of rotatable bonds is 9. The molecule has 1 unspecified atom stereocenters. The highest BCUT2D eigenvalue weighted by atomic mass is 16.5. The maximum absolute atomic E-state index is 13.4. The van der Waals surface area contributed by atoms with E-state index in [1.54, 1.807) is 55.5 Å². The van der Waals surface area contributed by atoms with E-state index < -0.39 is 17.7 Å². The highest BCUT2D eigenvalue weighted by Gasteiger charge is 2.47. The highest BCUT2D eigenvalue weighted by Crippen LogP contribution is 2.43. The molecule has 2 saturated heterocycles. The van der Waals surface area contributed by atoms with Crippen LogP contribution < -0.4 is 19.1 Å². The van der Waals surface area contributed by atoms with Crippen molar-refractivity contribution in [2.75, 3.05) is 60.7 Å². The summed E-state index contributed by atoms with van der Waals surface area (Å²) in [6, 6.07) is 9.60. The third-order valence-corrected chi connectivity index (χ3v) is 7.07. The monoisotopic (exact) mass is 511 g/mol. The average Bonchev–Trinajstić information content (AvgIpc) is 3.17. The van der Waals surface area contributed by atoms with E-state index in [-0.39, 0.29) is 11.3 Å². The lowest BCUT2D eigenvalue weighted by atomic mass is 9.94. The van der Waals surface area contributed by atoms with Gasteiger partial charge in [-0.1, -0.05) is 0 Å². The normalized spacial score (nSPS) is 19.8. The molecule has 2 N–H and O–H groups in total. The second-order valence-corrected chi connectivity index (χ2v) is 9.25. The summed E-state index contributed by atoms with van der Waals surface area (Å²) < 4.78 is 21.7. The van der Waals surface area contributed by atoms with Crippen molar-refractivity contribution in [1.82, 2.24) is 4.90 Å². The van der Waals surface area contributed by atoms with Crippen molar-refractivity contribution in [1.29, 1.82) is 0 Å². The van der Waals surface area contributed by atoms with Crippen molar-refractivity contribution in [3.63, 3.8) is 0 Å². The summed E-state index contributed by atoms with van der Waals surface area (Å²) in [5, 5.41) is 11.4. The van der Waals surface area contributed by atoms with Gasteiger partial charge in [-0.25, -0.2) is 0 Å². The van der Waals surface area contributed by atoms with Crippen LogP contribution in [0.1, 0.15) is 29.2 Å². The molecule has 4 rings (SSSR count). The number of aliphatic hydroxyl groups is 1. The summed E-state index contributed by atoms with van der Waals surface area (Å²) in [6.07, 6.45) is 0.707. The van der Waals surface area contributed by atoms with E-state index in [9.17, 15) is 14.7 Å². The van der Waals surface area contributed by atoms with Gasteiger partial charge in [-0.05, 0) is 42.8 Å². The van der Waals surface area contributed by atoms with Gasteiger partial charge in [0.1, 0.15) is 36.1 Å². The number of ether oxygens (including phenoxy) is 4. The number of aliphatic hydroxyl groups excluding tert-OH is 1. The topological polar surface area (TPSA) is 99.0 Å². The Bertz CT molecular complexity index is 1190. The molecule has 0 spiro atoms. The van der Waals surface area contributed by atoms with Gasteiger partial charge in [0.2, 0.25) is 0 Å². The number of methoxy groups -OCH3 is 3. The van der Waals surface area contributed by atoms with Crippen LogP contribution in [0.5, 0.6) is 17.2 Å². The van der Waals surface area contributed by atoms with Crippen LogP contribution in [0.2, 0.25) is 0 Å². The second-order valence-electron chi connectivity index (χ2n) is 9.25. The molecule has 0 saturated carbocycles. The van der Waals surface area contributed by atoms with Crippen molar-refractivity contribution >= 4 is 17.4 Å². The molecule has 0 radical (unpaired) electrons. The number of ketones is 1. The first-order chi connectivity index (χ1) is 17.9. The number of morpholine rings is 1. The Morgan fingerprint density at radius 2 is 1.76 bits per heavy atom. The number of carbonyl (C=O) groups excluding carboxylic acids is 2. The first-order valence-corrected chi connectivity index (χ1v) is 12.5. The molecule has 37 heavy (non-hydrogen) atoms. The largest absolute Gasteiger partial charge is 0.507 e. The average molecular weight is 512 g/mol. The third-order valence-electron chi connectivity index (χ3n) is 7.07. The number of quaternary nitrogens is 1. The zero-order valence-electron chi connectivity index (χ0n) is 21.8. The predicted octanol–water partition coefficient (Wildman–Crippen LogP) is 1.75. The van der Waals surface area contributed by atoms with Gasteiger partial charge in [-0.3, -0.25) is 9.59 Å². The van der Waals surface area contributed by atoms with Gasteiger partial charge in [0, 0.05) is 30.2 Å². The van der Waals surface area contributed by atoms with Crippen LogP contribution in [-0.4, -0.2) is 82.4 Å². The number of nitrogens with one attached hydrogen (secondary N) is 1. The molecule has 198 valence electrons. The number of aryl methyl sites for hydroxylation is 1. The minimum absolute atomic E-state index is 0.0387. The molecule has 9 heteroatoms. The van der Waals surface area contributed by atoms with Gasteiger partial charge in [0.15, 0.2) is 0 Å². The molecule has 1 amide bonds. The zero-order chi connectivity index (χ0) is 26.5. The van der Waals surface area contributed by atoms with Gasteiger partial charge >= 0.3 is 0 Å². The van der Waals surface area contributed by atoms with E-state index in [1.165, 1.54) is 12.0 Å². The Labute approximate surface area is 217 Å². The van der Waals surface area contributed by atoms with Gasteiger partial charge in [0.25, 0.3) is 11.7 Å². The summed E-state index contributed by atoms with van der Waals surface area (Å²) in [6.45, 7) is 6.38. The molecule has 1 atom stereocenters. The lowest BCUT2D eigenvalue weighted by molar-refractivity contribution is -0.908. The first-order valence-electron chi connectivity index (χ1n) is 12.5. The van der Waals surface area contributed by atoms with Crippen molar-refractivity contribution in [2.24, 2.45) is 0 Å². The number of likely N-dealkylation sites (tertiary alicyclic amines) is 1. The minimum Gasteiger partial charge on any atom is -0.507 e. The van der Waals surface area contributed by atoms with Crippen molar-refractivity contribution in [2.45, 2.75) is 19.4 Å². The number of amides is 1. The number of hydrogen-bond donors (Lipinski definition) is 2. The standard InChI is InChI=1S/C28H34N2O7/c1-18-16-19(6-9-22(18)35-3)26(31)24-25(21-8-7-20(34-2)17-23(21)36-4)30(28(33)27(24)32)11-5-10-29-12-14-37-15-13-29/h6-9,16-17,25,31H,5,10-15H2,1-4H3/p+1. The van der Waals surface area contributed by atoms with E-state index in [0.29, 0.717) is 41.3 Å². The summed E-state index contributed by atoms with van der Waals surface area (Å²) in [4.78, 5) is 29.7. The molecule has 0 aliphatic carbocycles. The van der Waals surface area contributed by atoms with E-state index >= 15 is 0 Å². The third kappa shape index (κ3) is 5.42. The number of carbonyl (C=O) groups is 2. The van der Waals surface area contributed by atoms with Crippen LogP contribution in [0.15, 0.2) is 42.0 Å². The Morgan fingerprint density at radius 3 is 2.41 bits per heavy atom. The lowest BCUT2D eigenvalue weighted by Gasteiger charge is -2.28. The van der Waals surface area contributed by atoms with Crippen molar-refractivity contribution in [3.05, 3.63) is 58.7 Å². The van der Waals surface area contributed by atoms with Crippen molar-refractivity contribution in [3.8, 4) is 17.2 Å². The molecule has 2 aromatic carbocycles. The predicted molar refractivity (Wildman–Crippen MR) is 137 cm³/mol. The first kappa shape index (κ1) is 26.5. The van der Waals surface area contributed by atoms with Crippen LogP contribution in [0, 0.1) is 6.92 Å². The Morgan fingerprint density at radius 1 is 1.03 bits per heavy atom. The fraction of sp³-hybridized carbons (Fsp3) is 0.429. The van der Waals surface area contributed by atoms with Gasteiger partial charge in [-0.2, -0.15) is 0 Å². The summed E-state index contributed by atoms with van der Waals surface area (Å²) in [5.41, 5.74) is 1.88. The summed E-state index contributed by atoms with van der Waals surface area (Å²) >= 11 is 0. The molecule has 9 nitrogen and oxygen atoms in total. The van der Waals surface area contributed by atoms with Crippen LogP contribution in [0.3, 0.4) is 0 Å². The van der Waals surface area contributed by atoms with Crippen LogP contribution >= 0.6 is 0 Å². The van der Waals surface area contributed by atoms with Crippen molar-refractivity contribution < 1.29 is 38.5 Å². The molecule has 2 heterocycles. The maximum Gasteiger partial charge on any atom is 0.295 e. The maximum atomic E-state index is 13.4. The van der Waals surface area contributed by atoms with Crippen LogP contribution in [0.25, 0.3) is 5.76 Å². The molecule has 2 aromatic rings. The van der Waals surface area contributed by atoms with Gasteiger partial charge in [0.05, 0.1) is 52.7 Å². The SMILES string of the molecule is COc1ccc(C2C(=C(O)c3ccc(OC)c(C)c3)C(=O)C(=O)N2CCC[NH+]2CCOCC2)c(OC)c1. The summed E-state index contributed by atoms with van der Waals surface area (Å²) in [5.74, 6) is 0.134. The quantitative estimate of drug-likeness (QED) is 0.301. The lowest BCUT2D eigenvalue weighted by Crippen LogP contribution is -3.14. The summed E-state index contributed by atoms with van der Waals surface area (Å²) in [7, 11) is 4.65. The van der Waals surface area contributed by atoms with E-state index in [4.69, 9.17) is 18.9 Å². The number of nitrogens with zero attached hydrogens (tertiary/aromatic N) is 1. The van der Waals surface area contributed by atoms with E-state index in [2.05, 4.69) is 0 Å². The number of hydrogen-bond acceptors (Lipinski definition) is 7. The molecule has 2 aliphatic heterocycles. The Balaban J connectivity index is 1.75. The van der Waals surface area contributed by atoms with E-state index in [1.807, 2.05) is 6.92 Å². The molecule has 2 aliphatic rings. The second kappa shape index (κ2) is 11.7.